The highest BCUT2D eigenvalue weighted by atomic mass is 35.5. The van der Waals surface area contributed by atoms with Crippen molar-refractivity contribution in [3.05, 3.63) is 35.7 Å². The predicted molar refractivity (Wildman–Crippen MR) is 130 cm³/mol. The Kier molecular flexibility index (Phi) is 10.5. The summed E-state index contributed by atoms with van der Waals surface area (Å²) in [5.74, 6) is 1.19. The molecular formula is C25H39ClN4O. The lowest BCUT2D eigenvalue weighted by Gasteiger charge is -2.05. The summed E-state index contributed by atoms with van der Waals surface area (Å²) in [4.78, 5) is 4.50. The molecule has 1 aliphatic rings. The van der Waals surface area contributed by atoms with Crippen molar-refractivity contribution in [3.8, 4) is 11.4 Å². The molecule has 1 aromatic carbocycles. The number of hydrogen-bond donors (Lipinski definition) is 2. The number of nitrogens with zero attached hydrogens (tertiary/aromatic N) is 2. The normalized spacial score (nSPS) is 14.2. The van der Waals surface area contributed by atoms with Crippen LogP contribution in [0.4, 0.5) is 0 Å². The molecule has 0 bridgehead atoms. The summed E-state index contributed by atoms with van der Waals surface area (Å²) in [6.45, 7) is 2.28. The number of unbranched alkanes of at least 4 members (excludes halogenated alkanes) is 10. The molecule has 31 heavy (non-hydrogen) atoms. The van der Waals surface area contributed by atoms with E-state index in [0.717, 1.165) is 24.8 Å². The molecule has 0 saturated heterocycles. The first-order valence-corrected chi connectivity index (χ1v) is 11.9. The predicted octanol–water partition coefficient (Wildman–Crippen LogP) is 6.98. The summed E-state index contributed by atoms with van der Waals surface area (Å²) in [5.41, 5.74) is 7.52. The number of aromatic nitrogens is 2. The Bertz CT molecular complexity index is 783. The molecular weight excluding hydrogens is 408 g/mol. The van der Waals surface area contributed by atoms with E-state index < -0.39 is 5.41 Å². The third-order valence-electron chi connectivity index (χ3n) is 6.38. The second-order valence-corrected chi connectivity index (χ2v) is 8.90. The second-order valence-electron chi connectivity index (χ2n) is 8.90. The summed E-state index contributed by atoms with van der Waals surface area (Å²) < 4.78 is 5.40. The van der Waals surface area contributed by atoms with Crippen molar-refractivity contribution in [3.63, 3.8) is 0 Å². The van der Waals surface area contributed by atoms with Crippen LogP contribution in [0.1, 0.15) is 102 Å². The molecule has 1 fully saturated rings. The first kappa shape index (κ1) is 25.4. The lowest BCUT2D eigenvalue weighted by molar-refractivity contribution is 0.367. The van der Waals surface area contributed by atoms with E-state index in [1.54, 1.807) is 0 Å². The molecule has 2 aromatic rings. The number of amidine groups is 1. The maximum absolute atomic E-state index is 7.75. The van der Waals surface area contributed by atoms with Gasteiger partial charge in [-0.05, 0) is 31.2 Å². The van der Waals surface area contributed by atoms with Gasteiger partial charge in [-0.1, -0.05) is 101 Å². The number of halogens is 1. The third-order valence-corrected chi connectivity index (χ3v) is 6.38. The van der Waals surface area contributed by atoms with Gasteiger partial charge >= 0.3 is 0 Å². The van der Waals surface area contributed by atoms with Crippen molar-refractivity contribution in [2.24, 2.45) is 5.73 Å². The Balaban J connectivity index is 0.00000341. The van der Waals surface area contributed by atoms with Crippen LogP contribution in [-0.2, 0) is 11.8 Å². The average molecular weight is 447 g/mol. The fraction of sp³-hybridized carbons (Fsp3) is 0.640. The molecule has 3 N–H and O–H groups in total. The second kappa shape index (κ2) is 12.8. The van der Waals surface area contributed by atoms with E-state index in [1.165, 1.54) is 76.2 Å². The maximum atomic E-state index is 7.75. The molecule has 0 aliphatic heterocycles. The Morgan fingerprint density at radius 3 is 2.00 bits per heavy atom. The van der Waals surface area contributed by atoms with E-state index in [9.17, 15) is 0 Å². The van der Waals surface area contributed by atoms with E-state index in [4.69, 9.17) is 15.7 Å². The van der Waals surface area contributed by atoms with Crippen LogP contribution in [0.2, 0.25) is 0 Å². The first-order chi connectivity index (χ1) is 14.7. The number of benzene rings is 1. The minimum Gasteiger partial charge on any atom is -0.387 e. The minimum atomic E-state index is -0.500. The largest absolute Gasteiger partial charge is 0.387 e. The molecule has 5 nitrogen and oxygen atoms in total. The summed E-state index contributed by atoms with van der Waals surface area (Å²) in [6.07, 6.45) is 17.9. The Morgan fingerprint density at radius 2 is 1.48 bits per heavy atom. The molecule has 1 heterocycles. The van der Waals surface area contributed by atoms with Crippen molar-refractivity contribution < 1.29 is 4.52 Å². The zero-order valence-electron chi connectivity index (χ0n) is 19.0. The summed E-state index contributed by atoms with van der Waals surface area (Å²) in [6, 6.07) is 8.46. The summed E-state index contributed by atoms with van der Waals surface area (Å²) in [5, 5.41) is 11.8. The number of nitrogens with two attached hydrogens (primary N) is 1. The average Bonchev–Trinajstić information content (AvgIpc) is 3.43. The smallest absolute Gasteiger partial charge is 0.240 e. The van der Waals surface area contributed by atoms with Crippen LogP contribution >= 0.6 is 12.4 Å². The standard InChI is InChI=1S/C25H38N4O.ClH/c1-2-3-4-5-6-7-8-9-10-11-12-13-20-14-16-21(17-15-20)22-28-24(30-29-22)25(18-19-25)23(26)27;/h14-17H,2-13,18-19H2,1H3,(H3,26,27);1H. The number of nitrogens with one attached hydrogen (secondary N) is 1. The first-order valence-electron chi connectivity index (χ1n) is 11.9. The summed E-state index contributed by atoms with van der Waals surface area (Å²) >= 11 is 0. The van der Waals surface area contributed by atoms with Gasteiger partial charge in [-0.3, -0.25) is 5.41 Å². The van der Waals surface area contributed by atoms with Crippen LogP contribution in [0.3, 0.4) is 0 Å². The molecule has 3 rings (SSSR count). The van der Waals surface area contributed by atoms with Crippen molar-refractivity contribution >= 4 is 18.2 Å². The monoisotopic (exact) mass is 446 g/mol. The highest BCUT2D eigenvalue weighted by Crippen LogP contribution is 2.47. The van der Waals surface area contributed by atoms with Crippen LogP contribution in [0.15, 0.2) is 28.8 Å². The van der Waals surface area contributed by atoms with Crippen LogP contribution in [0, 0.1) is 5.41 Å². The zero-order valence-corrected chi connectivity index (χ0v) is 19.8. The molecule has 0 atom stereocenters. The number of aryl methyl sites for hydroxylation is 1. The lowest BCUT2D eigenvalue weighted by Crippen LogP contribution is -2.27. The van der Waals surface area contributed by atoms with Gasteiger partial charge in [0.15, 0.2) is 0 Å². The van der Waals surface area contributed by atoms with Gasteiger partial charge < -0.3 is 10.3 Å². The molecule has 0 unspecified atom stereocenters. The fourth-order valence-corrected chi connectivity index (χ4v) is 4.07. The summed E-state index contributed by atoms with van der Waals surface area (Å²) in [7, 11) is 0. The van der Waals surface area contributed by atoms with Crippen molar-refractivity contribution in [2.75, 3.05) is 0 Å². The van der Waals surface area contributed by atoms with E-state index in [-0.39, 0.29) is 18.2 Å². The van der Waals surface area contributed by atoms with E-state index in [1.807, 2.05) is 0 Å². The highest BCUT2D eigenvalue weighted by Gasteiger charge is 2.52. The third kappa shape index (κ3) is 7.34. The van der Waals surface area contributed by atoms with E-state index in [0.29, 0.717) is 11.7 Å². The zero-order chi connectivity index (χ0) is 21.2. The Hall–Kier alpha value is -1.88. The molecule has 1 saturated carbocycles. The van der Waals surface area contributed by atoms with Crippen LogP contribution in [0.25, 0.3) is 11.4 Å². The van der Waals surface area contributed by atoms with E-state index >= 15 is 0 Å². The topological polar surface area (TPSA) is 88.8 Å². The Labute approximate surface area is 193 Å². The van der Waals surface area contributed by atoms with Crippen molar-refractivity contribution in [1.29, 1.82) is 5.41 Å². The van der Waals surface area contributed by atoms with Gasteiger partial charge in [-0.2, -0.15) is 4.98 Å². The van der Waals surface area contributed by atoms with Gasteiger partial charge in [0.25, 0.3) is 0 Å². The molecule has 0 amide bonds. The number of rotatable bonds is 15. The van der Waals surface area contributed by atoms with Gasteiger partial charge in [0.1, 0.15) is 11.3 Å². The fourth-order valence-electron chi connectivity index (χ4n) is 4.07. The van der Waals surface area contributed by atoms with Gasteiger partial charge in [0.2, 0.25) is 11.7 Å². The maximum Gasteiger partial charge on any atom is 0.240 e. The van der Waals surface area contributed by atoms with Gasteiger partial charge in [0, 0.05) is 5.56 Å². The molecule has 1 aliphatic carbocycles. The van der Waals surface area contributed by atoms with Crippen LogP contribution in [-0.4, -0.2) is 16.0 Å². The number of hydrogen-bond acceptors (Lipinski definition) is 4. The SMILES string of the molecule is CCCCCCCCCCCCCc1ccc(-c2noc(C3(C(=N)N)CC3)n2)cc1.Cl. The van der Waals surface area contributed by atoms with Gasteiger partial charge in [-0.25, -0.2) is 0 Å². The van der Waals surface area contributed by atoms with Gasteiger partial charge in [0.05, 0.1) is 0 Å². The van der Waals surface area contributed by atoms with Crippen LogP contribution in [0.5, 0.6) is 0 Å². The highest BCUT2D eigenvalue weighted by molar-refractivity contribution is 5.91. The van der Waals surface area contributed by atoms with Crippen LogP contribution < -0.4 is 5.73 Å². The molecule has 6 heteroatoms. The lowest BCUT2D eigenvalue weighted by atomic mass is 10.0. The molecule has 1 aromatic heterocycles. The molecule has 0 radical (unpaired) electrons. The minimum absolute atomic E-state index is 0. The molecule has 0 spiro atoms. The molecule has 172 valence electrons. The van der Waals surface area contributed by atoms with Crippen molar-refractivity contribution in [2.45, 2.75) is 102 Å². The van der Waals surface area contributed by atoms with E-state index in [2.05, 4.69) is 41.3 Å². The van der Waals surface area contributed by atoms with Crippen molar-refractivity contribution in [1.82, 2.24) is 10.1 Å². The quantitative estimate of drug-likeness (QED) is 0.175. The Morgan fingerprint density at radius 1 is 0.935 bits per heavy atom. The van der Waals surface area contributed by atoms with Gasteiger partial charge in [-0.15, -0.1) is 12.4 Å².